The van der Waals surface area contributed by atoms with Gasteiger partial charge in [0.1, 0.15) is 11.9 Å². The molecule has 0 radical (unpaired) electrons. The lowest BCUT2D eigenvalue weighted by atomic mass is 10.0. The minimum absolute atomic E-state index is 0.168. The van der Waals surface area contributed by atoms with Crippen molar-refractivity contribution in [2.24, 2.45) is 0 Å². The Balaban J connectivity index is 1.84. The first-order valence-electron chi connectivity index (χ1n) is 8.53. The number of hydrogen-bond acceptors (Lipinski definition) is 3. The van der Waals surface area contributed by atoms with E-state index in [1.807, 2.05) is 0 Å². The van der Waals surface area contributed by atoms with Crippen LogP contribution < -0.4 is 5.32 Å². The Morgan fingerprint density at radius 1 is 1.15 bits per heavy atom. The van der Waals surface area contributed by atoms with Gasteiger partial charge in [0.15, 0.2) is 0 Å². The molecule has 26 heavy (non-hydrogen) atoms. The first-order valence-corrected chi connectivity index (χ1v) is 9.97. The van der Waals surface area contributed by atoms with Crippen molar-refractivity contribution in [3.05, 3.63) is 59.9 Å². The van der Waals surface area contributed by atoms with Gasteiger partial charge in [-0.3, -0.25) is 4.79 Å². The number of hydrogen-bond donors (Lipinski definition) is 1. The van der Waals surface area contributed by atoms with Crippen LogP contribution in [0.2, 0.25) is 0 Å². The molecule has 2 aromatic carbocycles. The second-order valence-electron chi connectivity index (χ2n) is 6.39. The van der Waals surface area contributed by atoms with Gasteiger partial charge in [0, 0.05) is 12.2 Å². The fraction of sp³-hybridized carbons (Fsp3) is 0.316. The number of nitrogens with one attached hydrogen (secondary N) is 1. The minimum Gasteiger partial charge on any atom is -0.325 e. The van der Waals surface area contributed by atoms with Crippen molar-refractivity contribution in [1.29, 1.82) is 0 Å². The number of benzene rings is 2. The van der Waals surface area contributed by atoms with E-state index < -0.39 is 27.8 Å². The lowest BCUT2D eigenvalue weighted by Gasteiger charge is -2.33. The molecule has 2 aromatic rings. The molecule has 5 nitrogen and oxygen atoms in total. The number of sulfonamides is 1. The second-order valence-corrected chi connectivity index (χ2v) is 8.28. The summed E-state index contributed by atoms with van der Waals surface area (Å²) in [6.07, 6.45) is 1.91. The van der Waals surface area contributed by atoms with Gasteiger partial charge < -0.3 is 5.32 Å². The van der Waals surface area contributed by atoms with Gasteiger partial charge in [0.2, 0.25) is 15.9 Å². The molecule has 1 aliphatic rings. The summed E-state index contributed by atoms with van der Waals surface area (Å²) in [6.45, 7) is 1.92. The number of carbonyl (C=O) groups is 1. The van der Waals surface area contributed by atoms with Crippen LogP contribution in [0.15, 0.2) is 53.4 Å². The van der Waals surface area contributed by atoms with Crippen molar-refractivity contribution in [2.75, 3.05) is 11.9 Å². The highest BCUT2D eigenvalue weighted by molar-refractivity contribution is 7.89. The molecule has 1 N–H and O–H groups in total. The smallest absolute Gasteiger partial charge is 0.243 e. The molecule has 0 bridgehead atoms. The van der Waals surface area contributed by atoms with E-state index in [2.05, 4.69) is 5.32 Å². The zero-order valence-electron chi connectivity index (χ0n) is 14.5. The Bertz CT molecular complexity index is 900. The van der Waals surface area contributed by atoms with E-state index in [1.165, 1.54) is 22.5 Å². The Kier molecular flexibility index (Phi) is 5.38. The summed E-state index contributed by atoms with van der Waals surface area (Å²) >= 11 is 0. The van der Waals surface area contributed by atoms with Gasteiger partial charge in [0.25, 0.3) is 0 Å². The molecule has 0 saturated carbocycles. The predicted octanol–water partition coefficient (Wildman–Crippen LogP) is 3.32. The van der Waals surface area contributed by atoms with Gasteiger partial charge in [0.05, 0.1) is 4.90 Å². The van der Waals surface area contributed by atoms with Crippen LogP contribution in [0.1, 0.15) is 24.8 Å². The van der Waals surface area contributed by atoms with E-state index >= 15 is 0 Å². The molecule has 1 unspecified atom stereocenters. The normalized spacial score (nSPS) is 18.5. The van der Waals surface area contributed by atoms with Crippen LogP contribution in [0.3, 0.4) is 0 Å². The molecule has 1 heterocycles. The Labute approximate surface area is 152 Å². The summed E-state index contributed by atoms with van der Waals surface area (Å²) in [5.74, 6) is -0.854. The molecule has 3 rings (SSSR count). The van der Waals surface area contributed by atoms with Crippen LogP contribution in [-0.4, -0.2) is 31.2 Å². The van der Waals surface area contributed by atoms with Crippen molar-refractivity contribution in [1.82, 2.24) is 4.31 Å². The zero-order chi connectivity index (χ0) is 18.7. The third-order valence-electron chi connectivity index (χ3n) is 4.55. The average Bonchev–Trinajstić information content (AvgIpc) is 2.65. The van der Waals surface area contributed by atoms with E-state index in [0.717, 1.165) is 6.42 Å². The van der Waals surface area contributed by atoms with Crippen molar-refractivity contribution in [2.45, 2.75) is 37.1 Å². The maximum Gasteiger partial charge on any atom is 0.243 e. The van der Waals surface area contributed by atoms with Crippen LogP contribution in [-0.2, 0) is 14.8 Å². The summed E-state index contributed by atoms with van der Waals surface area (Å²) in [5, 5.41) is 2.65. The fourth-order valence-electron chi connectivity index (χ4n) is 3.08. The number of piperidine rings is 1. The Hall–Kier alpha value is -2.25. The molecule has 0 aliphatic carbocycles. The lowest BCUT2D eigenvalue weighted by molar-refractivity contribution is -0.120. The summed E-state index contributed by atoms with van der Waals surface area (Å²) in [4.78, 5) is 12.9. The molecular weight excluding hydrogens is 355 g/mol. The number of amides is 1. The number of carbonyl (C=O) groups excluding carboxylic acids is 1. The topological polar surface area (TPSA) is 66.5 Å². The number of rotatable bonds is 4. The number of halogens is 1. The van der Waals surface area contributed by atoms with Gasteiger partial charge >= 0.3 is 0 Å². The monoisotopic (exact) mass is 376 g/mol. The lowest BCUT2D eigenvalue weighted by Crippen LogP contribution is -2.49. The highest BCUT2D eigenvalue weighted by Crippen LogP contribution is 2.26. The maximum atomic E-state index is 13.7. The van der Waals surface area contributed by atoms with Gasteiger partial charge in [-0.05, 0) is 49.6 Å². The van der Waals surface area contributed by atoms with Gasteiger partial charge in [-0.1, -0.05) is 30.7 Å². The Morgan fingerprint density at radius 2 is 1.88 bits per heavy atom. The van der Waals surface area contributed by atoms with E-state index in [1.54, 1.807) is 37.3 Å². The standard InChI is InChI=1S/C19H21FN2O3S/c1-14-10-11-15(13-17(14)20)21-19(23)18-9-5-6-12-22(18)26(24,25)16-7-3-2-4-8-16/h2-4,7-8,10-11,13,18H,5-6,9,12H2,1H3,(H,21,23). The number of nitrogens with zero attached hydrogens (tertiary/aromatic N) is 1. The van der Waals surface area contributed by atoms with Crippen LogP contribution in [0.4, 0.5) is 10.1 Å². The quantitative estimate of drug-likeness (QED) is 0.890. The molecule has 7 heteroatoms. The van der Waals surface area contributed by atoms with E-state index in [9.17, 15) is 17.6 Å². The average molecular weight is 376 g/mol. The van der Waals surface area contributed by atoms with E-state index in [4.69, 9.17) is 0 Å². The fourth-order valence-corrected chi connectivity index (χ4v) is 4.76. The summed E-state index contributed by atoms with van der Waals surface area (Å²) < 4.78 is 40.8. The largest absolute Gasteiger partial charge is 0.325 e. The predicted molar refractivity (Wildman–Crippen MR) is 97.7 cm³/mol. The van der Waals surface area contributed by atoms with Crippen molar-refractivity contribution in [3.8, 4) is 0 Å². The first kappa shape index (κ1) is 18.5. The second kappa shape index (κ2) is 7.55. The molecule has 0 spiro atoms. The van der Waals surface area contributed by atoms with Crippen molar-refractivity contribution >= 4 is 21.6 Å². The summed E-state index contributed by atoms with van der Waals surface area (Å²) in [5.41, 5.74) is 0.801. The van der Waals surface area contributed by atoms with Gasteiger partial charge in [-0.25, -0.2) is 12.8 Å². The molecule has 0 aromatic heterocycles. The molecular formula is C19H21FN2O3S. The van der Waals surface area contributed by atoms with Crippen LogP contribution in [0, 0.1) is 12.7 Å². The molecule has 1 aliphatic heterocycles. The highest BCUT2D eigenvalue weighted by Gasteiger charge is 2.37. The van der Waals surface area contributed by atoms with Crippen molar-refractivity contribution in [3.63, 3.8) is 0 Å². The maximum absolute atomic E-state index is 13.7. The van der Waals surface area contributed by atoms with Crippen LogP contribution in [0.5, 0.6) is 0 Å². The summed E-state index contributed by atoms with van der Waals surface area (Å²) in [6, 6.07) is 11.7. The minimum atomic E-state index is -3.76. The van der Waals surface area contributed by atoms with Crippen LogP contribution >= 0.6 is 0 Å². The number of aryl methyl sites for hydroxylation is 1. The highest BCUT2D eigenvalue weighted by atomic mass is 32.2. The van der Waals surface area contributed by atoms with E-state index in [0.29, 0.717) is 24.1 Å². The zero-order valence-corrected chi connectivity index (χ0v) is 15.3. The molecule has 1 atom stereocenters. The molecule has 1 fully saturated rings. The van der Waals surface area contributed by atoms with Gasteiger partial charge in [-0.2, -0.15) is 4.31 Å². The van der Waals surface area contributed by atoms with Gasteiger partial charge in [-0.15, -0.1) is 0 Å². The Morgan fingerprint density at radius 3 is 2.58 bits per heavy atom. The molecule has 138 valence electrons. The summed E-state index contributed by atoms with van der Waals surface area (Å²) in [7, 11) is -3.76. The molecule has 1 saturated heterocycles. The third kappa shape index (κ3) is 3.78. The molecule has 1 amide bonds. The third-order valence-corrected chi connectivity index (χ3v) is 6.47. The number of anilines is 1. The SMILES string of the molecule is Cc1ccc(NC(=O)C2CCCCN2S(=O)(=O)c2ccccc2)cc1F. The first-order chi connectivity index (χ1) is 12.4. The van der Waals surface area contributed by atoms with Crippen molar-refractivity contribution < 1.29 is 17.6 Å². The van der Waals surface area contributed by atoms with Crippen LogP contribution in [0.25, 0.3) is 0 Å². The van der Waals surface area contributed by atoms with E-state index in [-0.39, 0.29) is 11.4 Å².